The Kier molecular flexibility index (Phi) is 3.73. The zero-order valence-electron chi connectivity index (χ0n) is 11.9. The van der Waals surface area contributed by atoms with E-state index in [9.17, 15) is 4.79 Å². The van der Waals surface area contributed by atoms with E-state index >= 15 is 0 Å². The molecule has 5 heteroatoms. The Bertz CT molecular complexity index is 643. The third-order valence-electron chi connectivity index (χ3n) is 3.44. The van der Waals surface area contributed by atoms with Gasteiger partial charge in [-0.25, -0.2) is 0 Å². The van der Waals surface area contributed by atoms with Crippen molar-refractivity contribution in [2.24, 2.45) is 0 Å². The maximum atomic E-state index is 11.8. The summed E-state index contributed by atoms with van der Waals surface area (Å²) in [7, 11) is 1.59. The number of amides is 1. The third kappa shape index (κ3) is 2.81. The molecule has 1 amide bonds. The molecule has 0 aliphatic carbocycles. The number of nitrogens with zero attached hydrogens (tertiary/aromatic N) is 2. The number of carbonyl (C=O) groups is 1. The van der Waals surface area contributed by atoms with E-state index in [1.807, 2.05) is 36.4 Å². The summed E-state index contributed by atoms with van der Waals surface area (Å²) < 4.78 is 5.21. The minimum atomic E-state index is 0.0240. The molecule has 0 radical (unpaired) electrons. The monoisotopic (exact) mass is 283 g/mol. The number of hydrogen-bond acceptors (Lipinski definition) is 4. The smallest absolute Gasteiger partial charge is 0.224 e. The normalized spacial score (nSPS) is 14.7. The van der Waals surface area contributed by atoms with E-state index in [0.717, 1.165) is 18.7 Å². The third-order valence-corrected chi connectivity index (χ3v) is 3.44. The lowest BCUT2D eigenvalue weighted by atomic mass is 10.2. The van der Waals surface area contributed by atoms with Gasteiger partial charge in [-0.15, -0.1) is 0 Å². The topological polar surface area (TPSA) is 54.5 Å². The van der Waals surface area contributed by atoms with Crippen LogP contribution in [0.2, 0.25) is 0 Å². The SMILES string of the molecule is COc1ccc2c(n1)N(c1ccccc1)CCCC(=O)N2. The lowest BCUT2D eigenvalue weighted by Gasteiger charge is -2.28. The molecule has 0 saturated heterocycles. The molecule has 1 aromatic carbocycles. The Morgan fingerprint density at radius 2 is 2.00 bits per heavy atom. The Balaban J connectivity index is 2.09. The molecule has 108 valence electrons. The summed E-state index contributed by atoms with van der Waals surface area (Å²) in [4.78, 5) is 18.4. The number of para-hydroxylation sites is 1. The van der Waals surface area contributed by atoms with E-state index in [1.54, 1.807) is 13.2 Å². The first-order chi connectivity index (χ1) is 10.3. The summed E-state index contributed by atoms with van der Waals surface area (Å²) in [6.07, 6.45) is 1.29. The van der Waals surface area contributed by atoms with Gasteiger partial charge in [-0.05, 0) is 24.6 Å². The van der Waals surface area contributed by atoms with Crippen LogP contribution in [-0.4, -0.2) is 24.5 Å². The minimum Gasteiger partial charge on any atom is -0.481 e. The lowest BCUT2D eigenvalue weighted by molar-refractivity contribution is -0.116. The van der Waals surface area contributed by atoms with Crippen LogP contribution in [-0.2, 0) is 4.79 Å². The predicted octanol–water partition coefficient (Wildman–Crippen LogP) is 2.96. The molecular weight excluding hydrogens is 266 g/mol. The van der Waals surface area contributed by atoms with E-state index in [2.05, 4.69) is 15.2 Å². The zero-order valence-corrected chi connectivity index (χ0v) is 11.9. The van der Waals surface area contributed by atoms with Gasteiger partial charge in [0.25, 0.3) is 0 Å². The number of pyridine rings is 1. The van der Waals surface area contributed by atoms with E-state index < -0.39 is 0 Å². The van der Waals surface area contributed by atoms with Gasteiger partial charge in [0.2, 0.25) is 11.8 Å². The number of hydrogen-bond donors (Lipinski definition) is 1. The number of ether oxygens (including phenoxy) is 1. The van der Waals surface area contributed by atoms with Crippen LogP contribution in [0.15, 0.2) is 42.5 Å². The number of benzene rings is 1. The van der Waals surface area contributed by atoms with Crippen LogP contribution >= 0.6 is 0 Å². The van der Waals surface area contributed by atoms with Crippen LogP contribution in [0, 0.1) is 0 Å². The van der Waals surface area contributed by atoms with Gasteiger partial charge in [0.05, 0.1) is 12.8 Å². The Morgan fingerprint density at radius 3 is 2.76 bits per heavy atom. The second-order valence-corrected chi connectivity index (χ2v) is 4.86. The highest BCUT2D eigenvalue weighted by Crippen LogP contribution is 2.33. The van der Waals surface area contributed by atoms with Crippen LogP contribution < -0.4 is 15.0 Å². The van der Waals surface area contributed by atoms with Crippen molar-refractivity contribution in [2.75, 3.05) is 23.9 Å². The fourth-order valence-corrected chi connectivity index (χ4v) is 2.42. The van der Waals surface area contributed by atoms with Gasteiger partial charge in [-0.1, -0.05) is 18.2 Å². The van der Waals surface area contributed by atoms with Crippen molar-refractivity contribution in [1.82, 2.24) is 4.98 Å². The second-order valence-electron chi connectivity index (χ2n) is 4.86. The Labute approximate surface area is 123 Å². The van der Waals surface area contributed by atoms with E-state index in [-0.39, 0.29) is 5.91 Å². The maximum absolute atomic E-state index is 11.8. The first-order valence-electron chi connectivity index (χ1n) is 6.95. The van der Waals surface area contributed by atoms with Gasteiger partial charge in [0.1, 0.15) is 0 Å². The van der Waals surface area contributed by atoms with Crippen LogP contribution in [0.3, 0.4) is 0 Å². The summed E-state index contributed by atoms with van der Waals surface area (Å²) in [5.74, 6) is 1.27. The summed E-state index contributed by atoms with van der Waals surface area (Å²) in [6, 6.07) is 13.6. The molecule has 3 rings (SSSR count). The fraction of sp³-hybridized carbons (Fsp3) is 0.250. The molecule has 1 aromatic heterocycles. The van der Waals surface area contributed by atoms with E-state index in [4.69, 9.17) is 4.74 Å². The summed E-state index contributed by atoms with van der Waals surface area (Å²) >= 11 is 0. The molecule has 0 spiro atoms. The fourth-order valence-electron chi connectivity index (χ4n) is 2.42. The molecule has 0 fully saturated rings. The zero-order chi connectivity index (χ0) is 14.7. The largest absolute Gasteiger partial charge is 0.481 e. The van der Waals surface area contributed by atoms with Gasteiger partial charge in [-0.2, -0.15) is 4.98 Å². The van der Waals surface area contributed by atoms with E-state index in [0.29, 0.717) is 23.8 Å². The van der Waals surface area contributed by atoms with Gasteiger partial charge in [0, 0.05) is 24.7 Å². The number of nitrogens with one attached hydrogen (secondary N) is 1. The highest BCUT2D eigenvalue weighted by Gasteiger charge is 2.20. The van der Waals surface area contributed by atoms with Crippen molar-refractivity contribution >= 4 is 23.1 Å². The van der Waals surface area contributed by atoms with Crippen molar-refractivity contribution in [1.29, 1.82) is 0 Å². The van der Waals surface area contributed by atoms with Gasteiger partial charge in [-0.3, -0.25) is 4.79 Å². The Hall–Kier alpha value is -2.56. The molecule has 1 aliphatic heterocycles. The van der Waals surface area contributed by atoms with E-state index in [1.165, 1.54) is 0 Å². The summed E-state index contributed by atoms with van der Waals surface area (Å²) in [5, 5.41) is 2.91. The number of carbonyl (C=O) groups excluding carboxylic acids is 1. The summed E-state index contributed by atoms with van der Waals surface area (Å²) in [6.45, 7) is 0.741. The summed E-state index contributed by atoms with van der Waals surface area (Å²) in [5.41, 5.74) is 1.76. The molecule has 1 aliphatic rings. The molecule has 2 heterocycles. The highest BCUT2D eigenvalue weighted by atomic mass is 16.5. The molecule has 21 heavy (non-hydrogen) atoms. The van der Waals surface area contributed by atoms with Crippen molar-refractivity contribution in [3.63, 3.8) is 0 Å². The van der Waals surface area contributed by atoms with Crippen molar-refractivity contribution in [3.8, 4) is 5.88 Å². The standard InChI is InChI=1S/C16H17N3O2/c1-21-15-10-9-13-16(18-15)19(11-5-8-14(20)17-13)12-6-3-2-4-7-12/h2-4,6-7,9-10H,5,8,11H2,1H3,(H,17,20). The van der Waals surface area contributed by atoms with Crippen LogP contribution in [0.25, 0.3) is 0 Å². The molecule has 5 nitrogen and oxygen atoms in total. The predicted molar refractivity (Wildman–Crippen MR) is 82.1 cm³/mol. The average molecular weight is 283 g/mol. The van der Waals surface area contributed by atoms with Crippen molar-refractivity contribution < 1.29 is 9.53 Å². The second kappa shape index (κ2) is 5.83. The lowest BCUT2D eigenvalue weighted by Crippen LogP contribution is -2.26. The average Bonchev–Trinajstić information content (AvgIpc) is 2.51. The van der Waals surface area contributed by atoms with Crippen LogP contribution in [0.5, 0.6) is 5.88 Å². The molecular formula is C16H17N3O2. The molecule has 1 N–H and O–H groups in total. The van der Waals surface area contributed by atoms with Crippen LogP contribution in [0.1, 0.15) is 12.8 Å². The molecule has 0 saturated carbocycles. The number of aromatic nitrogens is 1. The van der Waals surface area contributed by atoms with Crippen molar-refractivity contribution in [2.45, 2.75) is 12.8 Å². The highest BCUT2D eigenvalue weighted by molar-refractivity contribution is 5.95. The van der Waals surface area contributed by atoms with Crippen molar-refractivity contribution in [3.05, 3.63) is 42.5 Å². The molecule has 0 unspecified atom stereocenters. The maximum Gasteiger partial charge on any atom is 0.224 e. The minimum absolute atomic E-state index is 0.0240. The molecule has 2 aromatic rings. The number of methoxy groups -OCH3 is 1. The number of anilines is 3. The molecule has 0 atom stereocenters. The first kappa shape index (κ1) is 13.4. The number of fused-ring (bicyclic) bond motifs is 1. The Morgan fingerprint density at radius 1 is 1.19 bits per heavy atom. The van der Waals surface area contributed by atoms with Crippen LogP contribution in [0.4, 0.5) is 17.2 Å². The van der Waals surface area contributed by atoms with Gasteiger partial charge >= 0.3 is 0 Å². The molecule has 0 bridgehead atoms. The quantitative estimate of drug-likeness (QED) is 0.920. The number of rotatable bonds is 2. The first-order valence-corrected chi connectivity index (χ1v) is 6.95. The van der Waals surface area contributed by atoms with Gasteiger partial charge < -0.3 is 15.0 Å². The van der Waals surface area contributed by atoms with Gasteiger partial charge in [0.15, 0.2) is 5.82 Å².